The summed E-state index contributed by atoms with van der Waals surface area (Å²) in [5.74, 6) is -1.34. The molecule has 0 radical (unpaired) electrons. The van der Waals surface area contributed by atoms with E-state index in [1.54, 1.807) is 26.8 Å². The van der Waals surface area contributed by atoms with Crippen molar-refractivity contribution >= 4 is 18.0 Å². The zero-order valence-electron chi connectivity index (χ0n) is 13.1. The number of carbonyl (C=O) groups is 2. The minimum Gasteiger partial charge on any atom is -0.504 e. The Morgan fingerprint density at radius 2 is 1.95 bits per heavy atom. The van der Waals surface area contributed by atoms with Crippen molar-refractivity contribution < 1.29 is 28.9 Å². The largest absolute Gasteiger partial charge is 0.504 e. The van der Waals surface area contributed by atoms with Gasteiger partial charge in [-0.2, -0.15) is 0 Å². The molecule has 6 heteroatoms. The van der Waals surface area contributed by atoms with Gasteiger partial charge in [0, 0.05) is 0 Å². The molecule has 1 aromatic carbocycles. The highest BCUT2D eigenvalue weighted by atomic mass is 16.6. The predicted octanol–water partition coefficient (Wildman–Crippen LogP) is 2.30. The molecular weight excluding hydrogens is 288 g/mol. The summed E-state index contributed by atoms with van der Waals surface area (Å²) in [6.45, 7) is 5.16. The molecule has 1 aromatic rings. The van der Waals surface area contributed by atoms with Crippen LogP contribution in [0.3, 0.4) is 0 Å². The van der Waals surface area contributed by atoms with Crippen LogP contribution < -0.4 is 4.74 Å². The molecule has 0 aliphatic heterocycles. The van der Waals surface area contributed by atoms with Crippen LogP contribution in [0.1, 0.15) is 26.3 Å². The van der Waals surface area contributed by atoms with Crippen molar-refractivity contribution in [3.8, 4) is 11.5 Å². The molecule has 0 atom stereocenters. The number of carbonyl (C=O) groups excluding carboxylic acids is 2. The average Bonchev–Trinajstić information content (AvgIpc) is 2.45. The van der Waals surface area contributed by atoms with Crippen molar-refractivity contribution in [2.24, 2.45) is 0 Å². The Morgan fingerprint density at radius 1 is 1.27 bits per heavy atom. The molecule has 0 saturated heterocycles. The number of hydrogen-bond donors (Lipinski definition) is 1. The number of esters is 2. The highest BCUT2D eigenvalue weighted by Gasteiger charge is 2.22. The van der Waals surface area contributed by atoms with Gasteiger partial charge in [-0.25, -0.2) is 9.59 Å². The first-order chi connectivity index (χ1) is 10.4. The molecular formula is C16H20O6. The SMILES string of the molecule is CCOC(=O)C(=Cc1ccc(O)c(OC)c1)C(=O)OC(C)C. The first kappa shape index (κ1) is 17.6. The van der Waals surface area contributed by atoms with Crippen LogP contribution in [0.15, 0.2) is 23.8 Å². The maximum Gasteiger partial charge on any atom is 0.345 e. The Balaban J connectivity index is 3.19. The summed E-state index contributed by atoms with van der Waals surface area (Å²) in [7, 11) is 1.40. The Kier molecular flexibility index (Phi) is 6.44. The molecule has 1 N–H and O–H groups in total. The third-order valence-electron chi connectivity index (χ3n) is 2.57. The summed E-state index contributed by atoms with van der Waals surface area (Å²) in [5.41, 5.74) is 0.279. The molecule has 120 valence electrons. The highest BCUT2D eigenvalue weighted by Crippen LogP contribution is 2.27. The summed E-state index contributed by atoms with van der Waals surface area (Å²) in [5, 5.41) is 9.56. The Labute approximate surface area is 129 Å². The maximum absolute atomic E-state index is 12.0. The zero-order chi connectivity index (χ0) is 16.7. The minimum atomic E-state index is -0.764. The normalized spacial score (nSPS) is 11.2. The highest BCUT2D eigenvalue weighted by molar-refractivity contribution is 6.17. The third kappa shape index (κ3) is 4.80. The van der Waals surface area contributed by atoms with E-state index < -0.39 is 11.9 Å². The van der Waals surface area contributed by atoms with E-state index in [-0.39, 0.29) is 29.8 Å². The molecule has 0 unspecified atom stereocenters. The van der Waals surface area contributed by atoms with Crippen molar-refractivity contribution in [3.05, 3.63) is 29.3 Å². The summed E-state index contributed by atoms with van der Waals surface area (Å²) in [4.78, 5) is 23.9. The van der Waals surface area contributed by atoms with Crippen molar-refractivity contribution in [3.63, 3.8) is 0 Å². The Morgan fingerprint density at radius 3 is 2.50 bits per heavy atom. The van der Waals surface area contributed by atoms with Gasteiger partial charge in [0.15, 0.2) is 11.5 Å². The van der Waals surface area contributed by atoms with Gasteiger partial charge in [-0.15, -0.1) is 0 Å². The molecule has 0 aliphatic carbocycles. The molecule has 1 rings (SSSR count). The molecule has 6 nitrogen and oxygen atoms in total. The van der Waals surface area contributed by atoms with Gasteiger partial charge in [0.1, 0.15) is 5.57 Å². The molecule has 0 amide bonds. The van der Waals surface area contributed by atoms with E-state index in [0.717, 1.165) is 0 Å². The molecule has 22 heavy (non-hydrogen) atoms. The Hall–Kier alpha value is -2.50. The summed E-state index contributed by atoms with van der Waals surface area (Å²) < 4.78 is 14.9. The zero-order valence-corrected chi connectivity index (χ0v) is 13.1. The van der Waals surface area contributed by atoms with E-state index in [1.807, 2.05) is 0 Å². The lowest BCUT2D eigenvalue weighted by atomic mass is 10.1. The number of rotatable bonds is 6. The van der Waals surface area contributed by atoms with E-state index in [4.69, 9.17) is 14.2 Å². The van der Waals surface area contributed by atoms with Gasteiger partial charge in [-0.3, -0.25) is 0 Å². The van der Waals surface area contributed by atoms with Gasteiger partial charge >= 0.3 is 11.9 Å². The van der Waals surface area contributed by atoms with Gasteiger partial charge in [-0.05, 0) is 44.5 Å². The topological polar surface area (TPSA) is 82.1 Å². The summed E-state index contributed by atoms with van der Waals surface area (Å²) in [6.07, 6.45) is 0.977. The van der Waals surface area contributed by atoms with Crippen LogP contribution in [0, 0.1) is 0 Å². The number of methoxy groups -OCH3 is 1. The standard InChI is InChI=1S/C16H20O6/c1-5-21-15(18)12(16(19)22-10(2)3)8-11-6-7-13(17)14(9-11)20-4/h6-10,17H,5H2,1-4H3. The first-order valence-corrected chi connectivity index (χ1v) is 6.85. The van der Waals surface area contributed by atoms with Crippen LogP contribution in [-0.2, 0) is 19.1 Å². The van der Waals surface area contributed by atoms with E-state index in [1.165, 1.54) is 25.3 Å². The van der Waals surface area contributed by atoms with Crippen LogP contribution in [0.2, 0.25) is 0 Å². The number of benzene rings is 1. The average molecular weight is 308 g/mol. The predicted molar refractivity (Wildman–Crippen MR) is 80.5 cm³/mol. The molecule has 0 aromatic heterocycles. The van der Waals surface area contributed by atoms with E-state index in [9.17, 15) is 14.7 Å². The van der Waals surface area contributed by atoms with E-state index >= 15 is 0 Å². The molecule has 0 heterocycles. The maximum atomic E-state index is 12.0. The van der Waals surface area contributed by atoms with Gasteiger partial charge in [-0.1, -0.05) is 6.07 Å². The van der Waals surface area contributed by atoms with Crippen molar-refractivity contribution in [2.45, 2.75) is 26.9 Å². The van der Waals surface area contributed by atoms with Crippen LogP contribution >= 0.6 is 0 Å². The smallest absolute Gasteiger partial charge is 0.345 e. The summed E-state index contributed by atoms with van der Waals surface area (Å²) >= 11 is 0. The second kappa shape index (κ2) is 8.07. The van der Waals surface area contributed by atoms with Crippen LogP contribution in [0.25, 0.3) is 6.08 Å². The second-order valence-electron chi connectivity index (χ2n) is 4.66. The third-order valence-corrected chi connectivity index (χ3v) is 2.57. The number of aromatic hydroxyl groups is 1. The molecule has 0 fully saturated rings. The number of phenolic OH excluding ortho intramolecular Hbond substituents is 1. The van der Waals surface area contributed by atoms with Gasteiger partial charge in [0.2, 0.25) is 0 Å². The fraction of sp³-hybridized carbons (Fsp3) is 0.375. The first-order valence-electron chi connectivity index (χ1n) is 6.85. The fourth-order valence-electron chi connectivity index (χ4n) is 1.64. The lowest BCUT2D eigenvalue weighted by Crippen LogP contribution is -2.21. The van der Waals surface area contributed by atoms with Gasteiger partial charge in [0.05, 0.1) is 19.8 Å². The van der Waals surface area contributed by atoms with Crippen LogP contribution in [-0.4, -0.2) is 36.9 Å². The molecule has 0 bridgehead atoms. The monoisotopic (exact) mass is 308 g/mol. The van der Waals surface area contributed by atoms with Crippen molar-refractivity contribution in [1.29, 1.82) is 0 Å². The van der Waals surface area contributed by atoms with Crippen molar-refractivity contribution in [2.75, 3.05) is 13.7 Å². The van der Waals surface area contributed by atoms with E-state index in [2.05, 4.69) is 0 Å². The van der Waals surface area contributed by atoms with E-state index in [0.29, 0.717) is 5.56 Å². The summed E-state index contributed by atoms with van der Waals surface area (Å²) in [6, 6.07) is 4.44. The lowest BCUT2D eigenvalue weighted by molar-refractivity contribution is -0.148. The minimum absolute atomic E-state index is 0.0397. The van der Waals surface area contributed by atoms with Crippen LogP contribution in [0.4, 0.5) is 0 Å². The number of ether oxygens (including phenoxy) is 3. The molecule has 0 aliphatic rings. The lowest BCUT2D eigenvalue weighted by Gasteiger charge is -2.11. The van der Waals surface area contributed by atoms with Crippen molar-refractivity contribution in [1.82, 2.24) is 0 Å². The molecule has 0 spiro atoms. The second-order valence-corrected chi connectivity index (χ2v) is 4.66. The van der Waals surface area contributed by atoms with Gasteiger partial charge < -0.3 is 19.3 Å². The fourth-order valence-corrected chi connectivity index (χ4v) is 1.64. The number of hydrogen-bond acceptors (Lipinski definition) is 6. The van der Waals surface area contributed by atoms with Crippen LogP contribution in [0.5, 0.6) is 11.5 Å². The van der Waals surface area contributed by atoms with Gasteiger partial charge in [0.25, 0.3) is 0 Å². The molecule has 0 saturated carbocycles. The quantitative estimate of drug-likeness (QED) is 0.376. The number of phenols is 1. The Bertz CT molecular complexity index is 574.